The van der Waals surface area contributed by atoms with Crippen LogP contribution in [0.5, 0.6) is 0 Å². The van der Waals surface area contributed by atoms with Gasteiger partial charge < -0.3 is 20.4 Å². The Bertz CT molecular complexity index is 524. The summed E-state index contributed by atoms with van der Waals surface area (Å²) in [6.07, 6.45) is 1.29. The van der Waals surface area contributed by atoms with E-state index >= 15 is 0 Å². The van der Waals surface area contributed by atoms with Gasteiger partial charge in [-0.2, -0.15) is 0 Å². The third-order valence-corrected chi connectivity index (χ3v) is 3.25. The molecule has 1 aliphatic rings. The molecule has 2 atom stereocenters. The van der Waals surface area contributed by atoms with Gasteiger partial charge in [-0.15, -0.1) is 0 Å². The molecule has 1 fully saturated rings. The summed E-state index contributed by atoms with van der Waals surface area (Å²) in [7, 11) is 0. The number of aromatic nitrogens is 1. The minimum Gasteiger partial charge on any atom is -0.373 e. The minimum atomic E-state index is -0.268. The molecule has 1 amide bonds. The summed E-state index contributed by atoms with van der Waals surface area (Å²) in [6, 6.07) is 1.28. The molecule has 0 aromatic carbocycles. The number of morpholine rings is 1. The first-order chi connectivity index (χ1) is 8.99. The standard InChI is InChI=1S/C13H19N3O3/c1-8-5-11(17)10(6-15-8)13(18)16-3-4-19-12(7-16)9(2)14/h5-6,9,12H,3-4,7,14H2,1-2H3,(H,15,17). The topological polar surface area (TPSA) is 88.4 Å². The predicted molar refractivity (Wildman–Crippen MR) is 71.1 cm³/mol. The molecule has 104 valence electrons. The Hall–Kier alpha value is -1.66. The van der Waals surface area contributed by atoms with Gasteiger partial charge in [-0.1, -0.05) is 0 Å². The number of carbonyl (C=O) groups excluding carboxylic acids is 1. The van der Waals surface area contributed by atoms with Crippen LogP contribution in [0.2, 0.25) is 0 Å². The predicted octanol–water partition coefficient (Wildman–Crippen LogP) is -0.128. The molecule has 1 aliphatic heterocycles. The van der Waals surface area contributed by atoms with E-state index in [4.69, 9.17) is 10.5 Å². The first-order valence-corrected chi connectivity index (χ1v) is 6.35. The maximum absolute atomic E-state index is 12.3. The van der Waals surface area contributed by atoms with Crippen LogP contribution in [0, 0.1) is 6.92 Å². The highest BCUT2D eigenvalue weighted by molar-refractivity contribution is 5.93. The number of nitrogens with two attached hydrogens (primary N) is 1. The number of aryl methyl sites for hydroxylation is 1. The Balaban J connectivity index is 2.17. The summed E-state index contributed by atoms with van der Waals surface area (Å²) in [5, 5.41) is 0. The van der Waals surface area contributed by atoms with Crippen molar-refractivity contribution in [2.24, 2.45) is 5.73 Å². The third-order valence-electron chi connectivity index (χ3n) is 3.25. The summed E-state index contributed by atoms with van der Waals surface area (Å²) in [5.41, 5.74) is 6.42. The first kappa shape index (κ1) is 13.8. The second kappa shape index (κ2) is 5.54. The molecule has 0 radical (unpaired) electrons. The molecule has 6 heteroatoms. The summed E-state index contributed by atoms with van der Waals surface area (Å²) >= 11 is 0. The van der Waals surface area contributed by atoms with Crippen molar-refractivity contribution in [3.05, 3.63) is 33.7 Å². The summed E-state index contributed by atoms with van der Waals surface area (Å²) in [5.74, 6) is -0.268. The van der Waals surface area contributed by atoms with Crippen LogP contribution in [-0.2, 0) is 4.74 Å². The molecule has 0 spiro atoms. The van der Waals surface area contributed by atoms with Crippen LogP contribution in [0.3, 0.4) is 0 Å². The van der Waals surface area contributed by atoms with Crippen LogP contribution >= 0.6 is 0 Å². The first-order valence-electron chi connectivity index (χ1n) is 6.35. The fourth-order valence-corrected chi connectivity index (χ4v) is 2.09. The van der Waals surface area contributed by atoms with E-state index < -0.39 is 0 Å². The number of hydrogen-bond acceptors (Lipinski definition) is 4. The fraction of sp³-hybridized carbons (Fsp3) is 0.538. The van der Waals surface area contributed by atoms with E-state index in [1.807, 2.05) is 6.92 Å². The van der Waals surface area contributed by atoms with Crippen molar-refractivity contribution >= 4 is 5.91 Å². The third kappa shape index (κ3) is 3.02. The number of amides is 1. The van der Waals surface area contributed by atoms with Crippen LogP contribution in [0.25, 0.3) is 0 Å². The van der Waals surface area contributed by atoms with Gasteiger partial charge >= 0.3 is 0 Å². The van der Waals surface area contributed by atoms with E-state index in [1.165, 1.54) is 12.3 Å². The van der Waals surface area contributed by atoms with Gasteiger partial charge in [-0.3, -0.25) is 9.59 Å². The molecule has 2 unspecified atom stereocenters. The van der Waals surface area contributed by atoms with Crippen molar-refractivity contribution in [1.29, 1.82) is 0 Å². The van der Waals surface area contributed by atoms with Crippen LogP contribution in [0.4, 0.5) is 0 Å². The Morgan fingerprint density at radius 3 is 3.00 bits per heavy atom. The van der Waals surface area contributed by atoms with Crippen molar-refractivity contribution < 1.29 is 9.53 Å². The monoisotopic (exact) mass is 265 g/mol. The van der Waals surface area contributed by atoms with Crippen molar-refractivity contribution in [3.63, 3.8) is 0 Å². The zero-order valence-electron chi connectivity index (χ0n) is 11.2. The van der Waals surface area contributed by atoms with Gasteiger partial charge in [-0.25, -0.2) is 0 Å². The highest BCUT2D eigenvalue weighted by Crippen LogP contribution is 2.10. The van der Waals surface area contributed by atoms with E-state index in [-0.39, 0.29) is 29.0 Å². The number of H-pyrrole nitrogens is 1. The zero-order chi connectivity index (χ0) is 14.0. The van der Waals surface area contributed by atoms with Gasteiger partial charge in [0.2, 0.25) is 0 Å². The zero-order valence-corrected chi connectivity index (χ0v) is 11.2. The SMILES string of the molecule is Cc1cc(=O)c(C(=O)N2CCOC(C(C)N)C2)c[nH]1. The van der Waals surface area contributed by atoms with E-state index in [1.54, 1.807) is 11.8 Å². The van der Waals surface area contributed by atoms with Crippen molar-refractivity contribution in [2.45, 2.75) is 26.0 Å². The molecule has 2 rings (SSSR count). The van der Waals surface area contributed by atoms with E-state index in [0.29, 0.717) is 19.7 Å². The Labute approximate surface area is 111 Å². The Kier molecular flexibility index (Phi) is 4.01. The lowest BCUT2D eigenvalue weighted by atomic mass is 10.1. The van der Waals surface area contributed by atoms with Gasteiger partial charge in [0.05, 0.1) is 12.7 Å². The normalized spacial score (nSPS) is 21.2. The largest absolute Gasteiger partial charge is 0.373 e. The second-order valence-corrected chi connectivity index (χ2v) is 4.91. The van der Waals surface area contributed by atoms with Gasteiger partial charge in [0.1, 0.15) is 5.56 Å². The van der Waals surface area contributed by atoms with Crippen LogP contribution in [0.15, 0.2) is 17.1 Å². The van der Waals surface area contributed by atoms with Crippen molar-refractivity contribution in [2.75, 3.05) is 19.7 Å². The number of ether oxygens (including phenoxy) is 1. The summed E-state index contributed by atoms with van der Waals surface area (Å²) in [6.45, 7) is 4.97. The maximum atomic E-state index is 12.3. The molecular weight excluding hydrogens is 246 g/mol. The number of aromatic amines is 1. The van der Waals surface area contributed by atoms with Crippen LogP contribution < -0.4 is 11.2 Å². The molecule has 1 aromatic rings. The highest BCUT2D eigenvalue weighted by Gasteiger charge is 2.28. The minimum absolute atomic E-state index is 0.146. The van der Waals surface area contributed by atoms with Gasteiger partial charge in [0, 0.05) is 37.1 Å². The van der Waals surface area contributed by atoms with E-state index in [9.17, 15) is 9.59 Å². The lowest BCUT2D eigenvalue weighted by Crippen LogP contribution is -2.52. The number of carbonyl (C=O) groups is 1. The summed E-state index contributed by atoms with van der Waals surface area (Å²) in [4.78, 5) is 28.6. The summed E-state index contributed by atoms with van der Waals surface area (Å²) < 4.78 is 5.50. The maximum Gasteiger partial charge on any atom is 0.259 e. The average Bonchev–Trinajstić information content (AvgIpc) is 2.38. The second-order valence-electron chi connectivity index (χ2n) is 4.91. The van der Waals surface area contributed by atoms with Crippen LogP contribution in [0.1, 0.15) is 23.0 Å². The number of nitrogens with zero attached hydrogens (tertiary/aromatic N) is 1. The van der Waals surface area contributed by atoms with Crippen LogP contribution in [-0.4, -0.2) is 47.6 Å². The van der Waals surface area contributed by atoms with E-state index in [0.717, 1.165) is 5.69 Å². The van der Waals surface area contributed by atoms with Gasteiger partial charge in [-0.05, 0) is 13.8 Å². The highest BCUT2D eigenvalue weighted by atomic mass is 16.5. The van der Waals surface area contributed by atoms with Gasteiger partial charge in [0.25, 0.3) is 5.91 Å². The fourth-order valence-electron chi connectivity index (χ4n) is 2.09. The number of pyridine rings is 1. The van der Waals surface area contributed by atoms with Crippen molar-refractivity contribution in [1.82, 2.24) is 9.88 Å². The molecule has 1 saturated heterocycles. The molecule has 19 heavy (non-hydrogen) atoms. The number of hydrogen-bond donors (Lipinski definition) is 2. The molecule has 6 nitrogen and oxygen atoms in total. The van der Waals surface area contributed by atoms with Gasteiger partial charge in [0.15, 0.2) is 5.43 Å². The number of nitrogens with one attached hydrogen (secondary N) is 1. The Morgan fingerprint density at radius 2 is 2.37 bits per heavy atom. The molecule has 0 aliphatic carbocycles. The van der Waals surface area contributed by atoms with Crippen molar-refractivity contribution in [3.8, 4) is 0 Å². The lowest BCUT2D eigenvalue weighted by Gasteiger charge is -2.34. The lowest BCUT2D eigenvalue weighted by molar-refractivity contribution is -0.0300. The smallest absolute Gasteiger partial charge is 0.259 e. The Morgan fingerprint density at radius 1 is 1.63 bits per heavy atom. The average molecular weight is 265 g/mol. The molecule has 1 aromatic heterocycles. The molecular formula is C13H19N3O3. The molecule has 3 N–H and O–H groups in total. The molecule has 2 heterocycles. The quantitative estimate of drug-likeness (QED) is 0.779. The molecule has 0 saturated carbocycles. The number of rotatable bonds is 2. The molecule has 0 bridgehead atoms. The van der Waals surface area contributed by atoms with E-state index in [2.05, 4.69) is 4.98 Å².